The maximum Gasteiger partial charge on any atom is 0.0973 e. The summed E-state index contributed by atoms with van der Waals surface area (Å²) in [5.74, 6) is 0. The van der Waals surface area contributed by atoms with Gasteiger partial charge in [-0.25, -0.2) is 9.97 Å². The number of aromatic nitrogens is 2. The third-order valence-electron chi connectivity index (χ3n) is 8.53. The summed E-state index contributed by atoms with van der Waals surface area (Å²) >= 11 is 1.86. The van der Waals surface area contributed by atoms with Gasteiger partial charge in [-0.2, -0.15) is 0 Å². The van der Waals surface area contributed by atoms with Crippen LogP contribution in [0, 0.1) is 12.1 Å². The SMILES string of the molecule is c1ccc2cc(-c3nc4c(-c5ccc(-c6cccc7c6sc6ccccc67)cc5)cccc4nc3-c3ccccc3)ccc2c#1. The largest absolute Gasteiger partial charge is 0.244 e. The second-order valence-corrected chi connectivity index (χ2v) is 12.3. The average molecular weight is 589 g/mol. The number of hydrogen-bond donors (Lipinski definition) is 0. The highest BCUT2D eigenvalue weighted by molar-refractivity contribution is 7.26. The molecule has 0 unspecified atom stereocenters. The predicted octanol–water partition coefficient (Wildman–Crippen LogP) is 11.4. The van der Waals surface area contributed by atoms with Crippen molar-refractivity contribution < 1.29 is 0 Å². The lowest BCUT2D eigenvalue weighted by Gasteiger charge is -2.14. The predicted molar refractivity (Wildman–Crippen MR) is 189 cm³/mol. The molecule has 9 rings (SSSR count). The molecule has 0 saturated carbocycles. The number of benzene rings is 6. The summed E-state index contributed by atoms with van der Waals surface area (Å²) in [6.07, 6.45) is 0. The van der Waals surface area contributed by atoms with Crippen LogP contribution < -0.4 is 0 Å². The van der Waals surface area contributed by atoms with E-state index >= 15 is 0 Å². The molecule has 0 bridgehead atoms. The summed E-state index contributed by atoms with van der Waals surface area (Å²) in [6, 6.07) is 57.4. The maximum atomic E-state index is 5.37. The van der Waals surface area contributed by atoms with E-state index in [2.05, 4.69) is 133 Å². The van der Waals surface area contributed by atoms with Gasteiger partial charge in [-0.05, 0) is 58.5 Å². The summed E-state index contributed by atoms with van der Waals surface area (Å²) in [7, 11) is 0. The zero-order valence-corrected chi connectivity index (χ0v) is 25.0. The van der Waals surface area contributed by atoms with Crippen molar-refractivity contribution in [3.8, 4) is 44.8 Å². The lowest BCUT2D eigenvalue weighted by atomic mass is 9.97. The average Bonchev–Trinajstić information content (AvgIpc) is 3.50. The number of thiophene rings is 1. The van der Waals surface area contributed by atoms with E-state index in [9.17, 15) is 0 Å². The molecule has 0 atom stereocenters. The molecular formula is C42H24N2S. The van der Waals surface area contributed by atoms with Crippen LogP contribution >= 0.6 is 11.3 Å². The van der Waals surface area contributed by atoms with Crippen LogP contribution in [0.4, 0.5) is 0 Å². The molecule has 0 spiro atoms. The van der Waals surface area contributed by atoms with E-state index in [0.29, 0.717) is 0 Å². The fourth-order valence-electron chi connectivity index (χ4n) is 6.33. The van der Waals surface area contributed by atoms with Gasteiger partial charge >= 0.3 is 0 Å². The standard InChI is InChI=1S/C42H24N2S/c1-2-11-30(12-3-1)39-40(32-25-20-27-10-4-5-13-31(27)26-32)44-41-33(15-9-18-37(41)43-39)28-21-23-29(24-22-28)34-16-8-17-36-35-14-6-7-19-38(35)45-42(34)36/h1-3,5-9,11-26H. The minimum atomic E-state index is 0.865. The number of fused-ring (bicyclic) bond motifs is 5. The van der Waals surface area contributed by atoms with Crippen molar-refractivity contribution in [1.29, 1.82) is 0 Å². The molecule has 0 N–H and O–H groups in total. The van der Waals surface area contributed by atoms with Crippen molar-refractivity contribution in [2.45, 2.75) is 0 Å². The monoisotopic (exact) mass is 588 g/mol. The zero-order chi connectivity index (χ0) is 29.7. The molecule has 0 fully saturated rings. The third kappa shape index (κ3) is 4.35. The first-order valence-electron chi connectivity index (χ1n) is 15.0. The molecule has 9 aromatic rings. The molecule has 2 heterocycles. The van der Waals surface area contributed by atoms with Crippen LogP contribution in [0.2, 0.25) is 0 Å². The van der Waals surface area contributed by atoms with Gasteiger partial charge in [0.15, 0.2) is 0 Å². The van der Waals surface area contributed by atoms with Crippen molar-refractivity contribution >= 4 is 53.3 Å². The summed E-state index contributed by atoms with van der Waals surface area (Å²) in [5.41, 5.74) is 10.2. The molecule has 0 radical (unpaired) electrons. The van der Waals surface area contributed by atoms with Crippen LogP contribution in [-0.2, 0) is 0 Å². The molecule has 0 aliphatic rings. The Bertz CT molecular complexity index is 2530. The van der Waals surface area contributed by atoms with Crippen molar-refractivity contribution in [2.75, 3.05) is 0 Å². The van der Waals surface area contributed by atoms with Crippen LogP contribution in [0.25, 0.3) is 86.7 Å². The van der Waals surface area contributed by atoms with Gasteiger partial charge in [0.25, 0.3) is 0 Å². The van der Waals surface area contributed by atoms with Gasteiger partial charge in [-0.3, -0.25) is 0 Å². The van der Waals surface area contributed by atoms with Gasteiger partial charge in [0.05, 0.1) is 22.4 Å². The van der Waals surface area contributed by atoms with Crippen LogP contribution in [-0.4, -0.2) is 9.97 Å². The Morgan fingerprint density at radius 2 is 1.22 bits per heavy atom. The first-order chi connectivity index (χ1) is 22.3. The molecule has 0 saturated heterocycles. The Labute approximate surface area is 264 Å². The lowest BCUT2D eigenvalue weighted by Crippen LogP contribution is -1.97. The number of rotatable bonds is 4. The third-order valence-corrected chi connectivity index (χ3v) is 9.75. The van der Waals surface area contributed by atoms with Crippen LogP contribution in [0.5, 0.6) is 0 Å². The fraction of sp³-hybridized carbons (Fsp3) is 0. The Balaban J connectivity index is 1.20. The van der Waals surface area contributed by atoms with E-state index in [1.165, 1.54) is 31.3 Å². The Morgan fingerprint density at radius 3 is 2.11 bits per heavy atom. The Kier molecular flexibility index (Phi) is 5.94. The maximum absolute atomic E-state index is 5.37. The fourth-order valence-corrected chi connectivity index (χ4v) is 7.56. The van der Waals surface area contributed by atoms with Crippen LogP contribution in [0.1, 0.15) is 0 Å². The summed E-state index contributed by atoms with van der Waals surface area (Å²) in [5, 5.41) is 4.76. The summed E-state index contributed by atoms with van der Waals surface area (Å²) in [6.45, 7) is 0. The summed E-state index contributed by atoms with van der Waals surface area (Å²) < 4.78 is 2.64. The van der Waals surface area contributed by atoms with Gasteiger partial charge in [0.2, 0.25) is 0 Å². The van der Waals surface area contributed by atoms with Crippen molar-refractivity contribution in [3.05, 3.63) is 158 Å². The van der Waals surface area contributed by atoms with E-state index in [4.69, 9.17) is 9.97 Å². The second-order valence-electron chi connectivity index (χ2n) is 11.2. The Hall–Kier alpha value is -5.82. The first kappa shape index (κ1) is 25.7. The van der Waals surface area contributed by atoms with Crippen LogP contribution in [0.3, 0.4) is 0 Å². The van der Waals surface area contributed by atoms with E-state index in [1.807, 2.05) is 35.6 Å². The first-order valence-corrected chi connectivity index (χ1v) is 15.8. The number of nitrogens with zero attached hydrogens (tertiary/aromatic N) is 2. The highest BCUT2D eigenvalue weighted by atomic mass is 32.1. The zero-order valence-electron chi connectivity index (χ0n) is 24.2. The lowest BCUT2D eigenvalue weighted by molar-refractivity contribution is 1.29. The molecule has 0 aliphatic heterocycles. The molecule has 7 aromatic carbocycles. The quantitative estimate of drug-likeness (QED) is 0.204. The van der Waals surface area contributed by atoms with Crippen molar-refractivity contribution in [2.24, 2.45) is 0 Å². The molecular weight excluding hydrogens is 565 g/mol. The molecule has 2 aromatic heterocycles. The molecule has 45 heavy (non-hydrogen) atoms. The van der Waals surface area contributed by atoms with Crippen LogP contribution in [0.15, 0.2) is 146 Å². The molecule has 208 valence electrons. The van der Waals surface area contributed by atoms with Crippen molar-refractivity contribution in [3.63, 3.8) is 0 Å². The second kappa shape index (κ2) is 10.4. The van der Waals surface area contributed by atoms with Crippen molar-refractivity contribution in [1.82, 2.24) is 9.97 Å². The van der Waals surface area contributed by atoms with E-state index in [1.54, 1.807) is 0 Å². The minimum absolute atomic E-state index is 0.865. The van der Waals surface area contributed by atoms with Gasteiger partial charge in [-0.1, -0.05) is 121 Å². The molecule has 3 heteroatoms. The number of hydrogen-bond acceptors (Lipinski definition) is 3. The molecule has 2 nitrogen and oxygen atoms in total. The Morgan fingerprint density at radius 1 is 0.511 bits per heavy atom. The highest BCUT2D eigenvalue weighted by Gasteiger charge is 2.17. The van der Waals surface area contributed by atoms with Gasteiger partial charge in [0, 0.05) is 42.2 Å². The molecule has 0 aliphatic carbocycles. The van der Waals surface area contributed by atoms with E-state index in [-0.39, 0.29) is 0 Å². The topological polar surface area (TPSA) is 25.8 Å². The van der Waals surface area contributed by atoms with Gasteiger partial charge in [0.1, 0.15) is 0 Å². The minimum Gasteiger partial charge on any atom is -0.244 e. The van der Waals surface area contributed by atoms with E-state index < -0.39 is 0 Å². The van der Waals surface area contributed by atoms with E-state index in [0.717, 1.165) is 55.4 Å². The number of para-hydroxylation sites is 1. The smallest absolute Gasteiger partial charge is 0.0973 e. The van der Waals surface area contributed by atoms with Gasteiger partial charge < -0.3 is 0 Å². The van der Waals surface area contributed by atoms with Gasteiger partial charge in [-0.15, -0.1) is 11.3 Å². The summed E-state index contributed by atoms with van der Waals surface area (Å²) in [4.78, 5) is 10.6. The normalized spacial score (nSPS) is 11.4. The molecule has 0 amide bonds. The highest BCUT2D eigenvalue weighted by Crippen LogP contribution is 2.41.